The number of amides is 1. The van der Waals surface area contributed by atoms with Crippen LogP contribution in [-0.2, 0) is 16.4 Å². The third-order valence-corrected chi connectivity index (χ3v) is 4.70. The Morgan fingerprint density at radius 1 is 1.08 bits per heavy atom. The average Bonchev–Trinajstić information content (AvgIpc) is 3.09. The molecule has 0 radical (unpaired) electrons. The number of hydrogen-bond acceptors (Lipinski definition) is 5. The van der Waals surface area contributed by atoms with Crippen LogP contribution in [0.15, 0.2) is 66.1 Å². The molecule has 0 atom stereocenters. The van der Waals surface area contributed by atoms with E-state index in [9.17, 15) is 13.2 Å². The maximum Gasteiger partial charge on any atom is 0.255 e. The monoisotopic (exact) mass is 356 g/mol. The van der Waals surface area contributed by atoms with Gasteiger partial charge in [-0.2, -0.15) is 5.10 Å². The lowest BCUT2D eigenvalue weighted by molar-refractivity contribution is 0.102. The molecule has 0 fully saturated rings. The van der Waals surface area contributed by atoms with Gasteiger partial charge in [-0.05, 0) is 42.0 Å². The largest absolute Gasteiger partial charge is 0.322 e. The smallest absolute Gasteiger partial charge is 0.255 e. The lowest BCUT2D eigenvalue weighted by Crippen LogP contribution is -2.12. The molecule has 2 aromatic carbocycles. The van der Waals surface area contributed by atoms with Gasteiger partial charge in [-0.15, -0.1) is 0 Å². The highest BCUT2D eigenvalue weighted by molar-refractivity contribution is 7.90. The van der Waals surface area contributed by atoms with E-state index < -0.39 is 9.84 Å². The summed E-state index contributed by atoms with van der Waals surface area (Å²) in [7, 11) is -3.27. The van der Waals surface area contributed by atoms with Crippen LogP contribution in [0.2, 0.25) is 0 Å². The van der Waals surface area contributed by atoms with Gasteiger partial charge in [0, 0.05) is 17.5 Å². The number of anilines is 1. The molecule has 128 valence electrons. The first kappa shape index (κ1) is 16.8. The number of hydrogen-bond donors (Lipinski definition) is 1. The van der Waals surface area contributed by atoms with E-state index in [1.807, 2.05) is 12.1 Å². The Bertz CT molecular complexity index is 964. The van der Waals surface area contributed by atoms with Crippen LogP contribution in [0, 0.1) is 0 Å². The van der Waals surface area contributed by atoms with E-state index in [1.54, 1.807) is 23.1 Å². The first-order valence-electron chi connectivity index (χ1n) is 7.45. The second kappa shape index (κ2) is 6.86. The maximum atomic E-state index is 12.2. The molecule has 8 heteroatoms. The van der Waals surface area contributed by atoms with Crippen molar-refractivity contribution in [3.8, 4) is 0 Å². The maximum absolute atomic E-state index is 12.2. The highest BCUT2D eigenvalue weighted by atomic mass is 32.2. The summed E-state index contributed by atoms with van der Waals surface area (Å²) in [6, 6.07) is 13.2. The van der Waals surface area contributed by atoms with E-state index >= 15 is 0 Å². The van der Waals surface area contributed by atoms with Gasteiger partial charge in [0.15, 0.2) is 9.84 Å². The second-order valence-electron chi connectivity index (χ2n) is 5.54. The van der Waals surface area contributed by atoms with Crippen LogP contribution >= 0.6 is 0 Å². The number of benzene rings is 2. The summed E-state index contributed by atoms with van der Waals surface area (Å²) < 4.78 is 24.6. The summed E-state index contributed by atoms with van der Waals surface area (Å²) in [4.78, 5) is 16.3. The van der Waals surface area contributed by atoms with Crippen LogP contribution in [0.3, 0.4) is 0 Å². The Labute approximate surface area is 145 Å². The lowest BCUT2D eigenvalue weighted by Gasteiger charge is -2.07. The average molecular weight is 356 g/mol. The predicted octanol–water partition coefficient (Wildman–Crippen LogP) is 1.98. The predicted molar refractivity (Wildman–Crippen MR) is 93.1 cm³/mol. The molecule has 0 aliphatic rings. The third-order valence-electron chi connectivity index (χ3n) is 3.57. The molecule has 0 unspecified atom stereocenters. The van der Waals surface area contributed by atoms with Gasteiger partial charge in [0.1, 0.15) is 12.7 Å². The SMILES string of the molecule is CS(=O)(=O)c1ccc(C(=O)Nc2ccc(Cn3cncn3)cc2)cc1. The number of aromatic nitrogens is 3. The van der Waals surface area contributed by atoms with Crippen molar-refractivity contribution < 1.29 is 13.2 Å². The van der Waals surface area contributed by atoms with Crippen LogP contribution in [-0.4, -0.2) is 35.3 Å². The molecule has 7 nitrogen and oxygen atoms in total. The lowest BCUT2D eigenvalue weighted by atomic mass is 10.2. The van der Waals surface area contributed by atoms with Crippen molar-refractivity contribution in [1.82, 2.24) is 14.8 Å². The Balaban J connectivity index is 1.66. The topological polar surface area (TPSA) is 94.0 Å². The zero-order chi connectivity index (χ0) is 17.9. The van der Waals surface area contributed by atoms with E-state index in [0.29, 0.717) is 17.8 Å². The Morgan fingerprint density at radius 3 is 2.32 bits per heavy atom. The zero-order valence-electron chi connectivity index (χ0n) is 13.5. The van der Waals surface area contributed by atoms with Crippen molar-refractivity contribution in [3.05, 3.63) is 72.3 Å². The number of sulfone groups is 1. The number of rotatable bonds is 5. The molecule has 25 heavy (non-hydrogen) atoms. The first-order valence-corrected chi connectivity index (χ1v) is 9.34. The summed E-state index contributed by atoms with van der Waals surface area (Å²) in [5, 5.41) is 6.82. The molecule has 1 N–H and O–H groups in total. The van der Waals surface area contributed by atoms with E-state index in [1.165, 1.54) is 30.6 Å². The van der Waals surface area contributed by atoms with Crippen LogP contribution in [0.25, 0.3) is 0 Å². The molecule has 0 aliphatic carbocycles. The van der Waals surface area contributed by atoms with Crippen LogP contribution in [0.1, 0.15) is 15.9 Å². The summed E-state index contributed by atoms with van der Waals surface area (Å²) in [6.45, 7) is 0.598. The number of carbonyl (C=O) groups excluding carboxylic acids is 1. The second-order valence-corrected chi connectivity index (χ2v) is 7.56. The highest BCUT2D eigenvalue weighted by Gasteiger charge is 2.10. The molecule has 1 heterocycles. The number of nitrogens with zero attached hydrogens (tertiary/aromatic N) is 3. The van der Waals surface area contributed by atoms with E-state index in [0.717, 1.165) is 11.8 Å². The highest BCUT2D eigenvalue weighted by Crippen LogP contribution is 2.14. The van der Waals surface area contributed by atoms with Crippen LogP contribution in [0.5, 0.6) is 0 Å². The third kappa shape index (κ3) is 4.30. The Kier molecular flexibility index (Phi) is 4.62. The molecule has 0 spiro atoms. The van der Waals surface area contributed by atoms with Gasteiger partial charge < -0.3 is 5.32 Å². The fraction of sp³-hybridized carbons (Fsp3) is 0.118. The van der Waals surface area contributed by atoms with Crippen molar-refractivity contribution in [3.63, 3.8) is 0 Å². The number of carbonyl (C=O) groups is 1. The molecule has 0 saturated heterocycles. The molecule has 0 aliphatic heterocycles. The Hall–Kier alpha value is -3.00. The van der Waals surface area contributed by atoms with Gasteiger partial charge in [-0.1, -0.05) is 12.1 Å². The van der Waals surface area contributed by atoms with Gasteiger partial charge in [-0.3, -0.25) is 4.79 Å². The zero-order valence-corrected chi connectivity index (χ0v) is 14.3. The molecular weight excluding hydrogens is 340 g/mol. The van der Waals surface area contributed by atoms with E-state index in [2.05, 4.69) is 15.4 Å². The van der Waals surface area contributed by atoms with Crippen LogP contribution < -0.4 is 5.32 Å². The van der Waals surface area contributed by atoms with Crippen molar-refractivity contribution in [2.45, 2.75) is 11.4 Å². The Morgan fingerprint density at radius 2 is 1.76 bits per heavy atom. The van der Waals surface area contributed by atoms with Gasteiger partial charge in [0.25, 0.3) is 5.91 Å². The number of nitrogens with one attached hydrogen (secondary N) is 1. The van der Waals surface area contributed by atoms with Gasteiger partial charge in [0.2, 0.25) is 0 Å². The molecule has 3 aromatic rings. The minimum absolute atomic E-state index is 0.182. The molecule has 1 amide bonds. The first-order chi connectivity index (χ1) is 11.9. The van der Waals surface area contributed by atoms with Gasteiger partial charge in [-0.25, -0.2) is 18.1 Å². The standard InChI is InChI=1S/C17H16N4O3S/c1-25(23,24)16-8-4-14(5-9-16)17(22)20-15-6-2-13(3-7-15)10-21-12-18-11-19-21/h2-9,11-12H,10H2,1H3,(H,20,22). The van der Waals surface area contributed by atoms with E-state index in [4.69, 9.17) is 0 Å². The van der Waals surface area contributed by atoms with Crippen molar-refractivity contribution in [1.29, 1.82) is 0 Å². The molecule has 1 aromatic heterocycles. The van der Waals surface area contributed by atoms with Crippen molar-refractivity contribution in [2.75, 3.05) is 11.6 Å². The van der Waals surface area contributed by atoms with Gasteiger partial charge in [0.05, 0.1) is 11.4 Å². The molecule has 3 rings (SSSR count). The van der Waals surface area contributed by atoms with E-state index in [-0.39, 0.29) is 10.8 Å². The normalized spacial score (nSPS) is 11.2. The van der Waals surface area contributed by atoms with Gasteiger partial charge >= 0.3 is 0 Å². The summed E-state index contributed by atoms with van der Waals surface area (Å²) in [5.41, 5.74) is 2.07. The molecule has 0 saturated carbocycles. The van der Waals surface area contributed by atoms with Crippen molar-refractivity contribution >= 4 is 21.4 Å². The van der Waals surface area contributed by atoms with Crippen LogP contribution in [0.4, 0.5) is 5.69 Å². The summed E-state index contributed by atoms with van der Waals surface area (Å²) >= 11 is 0. The molecule has 0 bridgehead atoms. The minimum atomic E-state index is -3.27. The minimum Gasteiger partial charge on any atom is -0.322 e. The summed E-state index contributed by atoms with van der Waals surface area (Å²) in [5.74, 6) is -0.302. The molecular formula is C17H16N4O3S. The fourth-order valence-electron chi connectivity index (χ4n) is 2.25. The quantitative estimate of drug-likeness (QED) is 0.754. The summed E-state index contributed by atoms with van der Waals surface area (Å²) in [6.07, 6.45) is 4.24. The van der Waals surface area contributed by atoms with Crippen molar-refractivity contribution in [2.24, 2.45) is 0 Å². The fourth-order valence-corrected chi connectivity index (χ4v) is 2.88.